The topological polar surface area (TPSA) is 15.3 Å². The molecule has 1 aromatic rings. The van der Waals surface area contributed by atoms with Crippen molar-refractivity contribution in [3.05, 3.63) is 34.6 Å². The Kier molecular flexibility index (Phi) is 4.82. The van der Waals surface area contributed by atoms with E-state index in [1.54, 1.807) is 6.07 Å². The van der Waals surface area contributed by atoms with E-state index in [2.05, 4.69) is 24.3 Å². The van der Waals surface area contributed by atoms with Gasteiger partial charge in [-0.3, -0.25) is 0 Å². The van der Waals surface area contributed by atoms with Crippen molar-refractivity contribution in [2.45, 2.75) is 37.8 Å². The van der Waals surface area contributed by atoms with Crippen LogP contribution in [0.3, 0.4) is 0 Å². The van der Waals surface area contributed by atoms with Crippen molar-refractivity contribution in [2.24, 2.45) is 0 Å². The SMILES string of the molecule is CN(C)C1(CNCc2cc(F)ccc2Cl)CCCC1. The van der Waals surface area contributed by atoms with Gasteiger partial charge in [-0.1, -0.05) is 24.4 Å². The number of likely N-dealkylation sites (N-methyl/N-ethyl adjacent to an activating group) is 1. The molecule has 0 aliphatic heterocycles. The van der Waals surface area contributed by atoms with Crippen LogP contribution < -0.4 is 5.32 Å². The molecule has 1 fully saturated rings. The van der Waals surface area contributed by atoms with Crippen LogP contribution in [0.5, 0.6) is 0 Å². The molecule has 4 heteroatoms. The van der Waals surface area contributed by atoms with Crippen LogP contribution in [0.1, 0.15) is 31.2 Å². The van der Waals surface area contributed by atoms with Crippen LogP contribution in [0.2, 0.25) is 5.02 Å². The van der Waals surface area contributed by atoms with E-state index in [4.69, 9.17) is 11.6 Å². The minimum Gasteiger partial charge on any atom is -0.311 e. The van der Waals surface area contributed by atoms with Crippen LogP contribution in [-0.4, -0.2) is 31.1 Å². The van der Waals surface area contributed by atoms with Gasteiger partial charge >= 0.3 is 0 Å². The summed E-state index contributed by atoms with van der Waals surface area (Å²) in [7, 11) is 4.28. The maximum Gasteiger partial charge on any atom is 0.123 e. The number of nitrogens with one attached hydrogen (secondary N) is 1. The summed E-state index contributed by atoms with van der Waals surface area (Å²) >= 11 is 6.07. The Labute approximate surface area is 119 Å². The van der Waals surface area contributed by atoms with Crippen molar-refractivity contribution in [1.82, 2.24) is 10.2 Å². The second kappa shape index (κ2) is 6.21. The summed E-state index contributed by atoms with van der Waals surface area (Å²) in [6.07, 6.45) is 5.04. The lowest BCUT2D eigenvalue weighted by molar-refractivity contribution is 0.153. The third-order valence-electron chi connectivity index (χ3n) is 4.26. The molecule has 1 aliphatic carbocycles. The van der Waals surface area contributed by atoms with Gasteiger partial charge < -0.3 is 10.2 Å². The standard InChI is InChI=1S/C15H22ClFN2/c1-19(2)15(7-3-4-8-15)11-18-10-12-9-13(17)5-6-14(12)16/h5-6,9,18H,3-4,7-8,10-11H2,1-2H3. The van der Waals surface area contributed by atoms with Crippen molar-refractivity contribution in [2.75, 3.05) is 20.6 Å². The fourth-order valence-corrected chi connectivity index (χ4v) is 3.11. The van der Waals surface area contributed by atoms with Gasteiger partial charge in [0.25, 0.3) is 0 Å². The first kappa shape index (κ1) is 14.8. The van der Waals surface area contributed by atoms with Crippen molar-refractivity contribution in [3.63, 3.8) is 0 Å². The maximum absolute atomic E-state index is 13.2. The minimum atomic E-state index is -0.232. The fraction of sp³-hybridized carbons (Fsp3) is 0.600. The van der Waals surface area contributed by atoms with Crippen molar-refractivity contribution < 1.29 is 4.39 Å². The molecule has 0 amide bonds. The van der Waals surface area contributed by atoms with Crippen molar-refractivity contribution >= 4 is 11.6 Å². The number of nitrogens with zero attached hydrogens (tertiary/aromatic N) is 1. The van der Waals surface area contributed by atoms with E-state index in [1.807, 2.05) is 0 Å². The average Bonchev–Trinajstić information content (AvgIpc) is 2.84. The molecule has 0 spiro atoms. The van der Waals surface area contributed by atoms with Crippen LogP contribution in [0.25, 0.3) is 0 Å². The zero-order valence-electron chi connectivity index (χ0n) is 11.7. The van der Waals surface area contributed by atoms with Crippen LogP contribution >= 0.6 is 11.6 Å². The first-order valence-corrected chi connectivity index (χ1v) is 7.23. The Morgan fingerprint density at radius 2 is 2.00 bits per heavy atom. The Morgan fingerprint density at radius 3 is 2.63 bits per heavy atom. The summed E-state index contributed by atoms with van der Waals surface area (Å²) in [5.41, 5.74) is 1.08. The first-order valence-electron chi connectivity index (χ1n) is 6.86. The number of benzene rings is 1. The Bertz CT molecular complexity index is 428. The van der Waals surface area contributed by atoms with Crippen LogP contribution in [0.15, 0.2) is 18.2 Å². The molecule has 0 aromatic heterocycles. The van der Waals surface area contributed by atoms with E-state index >= 15 is 0 Å². The van der Waals surface area contributed by atoms with E-state index in [0.717, 1.165) is 12.1 Å². The molecule has 2 nitrogen and oxygen atoms in total. The molecular weight excluding hydrogens is 263 g/mol. The summed E-state index contributed by atoms with van der Waals surface area (Å²) in [6, 6.07) is 4.52. The predicted octanol–water partition coefficient (Wildman–Crippen LogP) is 3.44. The second-order valence-electron chi connectivity index (χ2n) is 5.67. The van der Waals surface area contributed by atoms with Gasteiger partial charge in [0.15, 0.2) is 0 Å². The summed E-state index contributed by atoms with van der Waals surface area (Å²) in [5.74, 6) is -0.232. The smallest absolute Gasteiger partial charge is 0.123 e. The lowest BCUT2D eigenvalue weighted by Crippen LogP contribution is -2.49. The summed E-state index contributed by atoms with van der Waals surface area (Å²) in [4.78, 5) is 2.32. The second-order valence-corrected chi connectivity index (χ2v) is 6.07. The normalized spacial score (nSPS) is 18.2. The molecular formula is C15H22ClFN2. The van der Waals surface area contributed by atoms with Gasteiger partial charge in [0, 0.05) is 23.7 Å². The number of rotatable bonds is 5. The molecule has 2 rings (SSSR count). The average molecular weight is 285 g/mol. The Morgan fingerprint density at radius 1 is 1.32 bits per heavy atom. The van der Waals surface area contributed by atoms with Gasteiger partial charge in [-0.05, 0) is 50.7 Å². The highest BCUT2D eigenvalue weighted by Gasteiger charge is 2.35. The highest BCUT2D eigenvalue weighted by Crippen LogP contribution is 2.33. The van der Waals surface area contributed by atoms with E-state index < -0.39 is 0 Å². The molecule has 106 valence electrons. The lowest BCUT2D eigenvalue weighted by Gasteiger charge is -2.36. The largest absolute Gasteiger partial charge is 0.311 e. The molecule has 0 saturated heterocycles. The van der Waals surface area contributed by atoms with E-state index in [9.17, 15) is 4.39 Å². The molecule has 0 unspecified atom stereocenters. The van der Waals surface area contributed by atoms with Crippen LogP contribution in [-0.2, 0) is 6.54 Å². The minimum absolute atomic E-state index is 0.232. The fourth-order valence-electron chi connectivity index (χ4n) is 2.92. The van der Waals surface area contributed by atoms with E-state index in [1.165, 1.54) is 37.8 Å². The number of hydrogen-bond donors (Lipinski definition) is 1. The molecule has 1 N–H and O–H groups in total. The Hall–Kier alpha value is -0.640. The molecule has 0 heterocycles. The third kappa shape index (κ3) is 3.47. The first-order chi connectivity index (χ1) is 9.03. The van der Waals surface area contributed by atoms with Gasteiger partial charge in [0.05, 0.1) is 0 Å². The Balaban J connectivity index is 1.94. The molecule has 19 heavy (non-hydrogen) atoms. The summed E-state index contributed by atoms with van der Waals surface area (Å²) in [6.45, 7) is 1.54. The third-order valence-corrected chi connectivity index (χ3v) is 4.63. The van der Waals surface area contributed by atoms with Gasteiger partial charge in [0.1, 0.15) is 5.82 Å². The molecule has 1 aliphatic rings. The number of halogens is 2. The molecule has 0 atom stereocenters. The molecule has 0 bridgehead atoms. The molecule has 0 radical (unpaired) electrons. The lowest BCUT2D eigenvalue weighted by atomic mass is 9.96. The van der Waals surface area contributed by atoms with E-state index in [0.29, 0.717) is 11.6 Å². The summed E-state index contributed by atoms with van der Waals surface area (Å²) < 4.78 is 13.2. The van der Waals surface area contributed by atoms with Gasteiger partial charge in [-0.2, -0.15) is 0 Å². The van der Waals surface area contributed by atoms with E-state index in [-0.39, 0.29) is 11.4 Å². The zero-order chi connectivity index (χ0) is 13.9. The highest BCUT2D eigenvalue weighted by molar-refractivity contribution is 6.31. The van der Waals surface area contributed by atoms with Crippen molar-refractivity contribution in [3.8, 4) is 0 Å². The quantitative estimate of drug-likeness (QED) is 0.891. The zero-order valence-corrected chi connectivity index (χ0v) is 12.4. The highest BCUT2D eigenvalue weighted by atomic mass is 35.5. The summed E-state index contributed by atoms with van der Waals surface area (Å²) in [5, 5.41) is 4.07. The monoisotopic (exact) mass is 284 g/mol. The predicted molar refractivity (Wildman–Crippen MR) is 78.0 cm³/mol. The van der Waals surface area contributed by atoms with Crippen LogP contribution in [0, 0.1) is 5.82 Å². The maximum atomic E-state index is 13.2. The van der Waals surface area contributed by atoms with Crippen molar-refractivity contribution in [1.29, 1.82) is 0 Å². The van der Waals surface area contributed by atoms with Gasteiger partial charge in [-0.15, -0.1) is 0 Å². The molecule has 1 aromatic carbocycles. The van der Waals surface area contributed by atoms with Gasteiger partial charge in [-0.25, -0.2) is 4.39 Å². The van der Waals surface area contributed by atoms with Gasteiger partial charge in [0.2, 0.25) is 0 Å². The van der Waals surface area contributed by atoms with Crippen LogP contribution in [0.4, 0.5) is 4.39 Å². The molecule has 1 saturated carbocycles. The number of hydrogen-bond acceptors (Lipinski definition) is 2.